The van der Waals surface area contributed by atoms with Gasteiger partial charge in [-0.05, 0) is 25.2 Å². The zero-order valence-corrected chi connectivity index (χ0v) is 18.0. The molecule has 0 amide bonds. The van der Waals surface area contributed by atoms with Crippen molar-refractivity contribution in [3.05, 3.63) is 0 Å². The van der Waals surface area contributed by atoms with Crippen LogP contribution in [0.4, 0.5) is 13.2 Å². The molecule has 3 atom stereocenters. The van der Waals surface area contributed by atoms with Crippen molar-refractivity contribution in [1.82, 2.24) is 15.5 Å². The summed E-state index contributed by atoms with van der Waals surface area (Å²) >= 11 is 0. The van der Waals surface area contributed by atoms with E-state index in [2.05, 4.69) is 27.4 Å². The molecule has 9 heteroatoms. The minimum atomic E-state index is -4.09. The Balaban J connectivity index is 0.00000338. The Kier molecular flexibility index (Phi) is 10.5. The number of alkyl halides is 3. The molecule has 1 heterocycles. The maximum absolute atomic E-state index is 12.9. The van der Waals surface area contributed by atoms with Gasteiger partial charge in [0.25, 0.3) is 0 Å². The number of morpholine rings is 1. The van der Waals surface area contributed by atoms with Gasteiger partial charge >= 0.3 is 6.18 Å². The van der Waals surface area contributed by atoms with Gasteiger partial charge in [-0.15, -0.1) is 24.0 Å². The van der Waals surface area contributed by atoms with Gasteiger partial charge in [-0.3, -0.25) is 9.89 Å². The number of aliphatic imine (C=N–C) groups is 1. The summed E-state index contributed by atoms with van der Waals surface area (Å²) in [6.07, 6.45) is -2.36. The summed E-state index contributed by atoms with van der Waals surface area (Å²) in [5, 5.41) is 6.43. The first-order valence-electron chi connectivity index (χ1n) is 9.22. The second-order valence-electron chi connectivity index (χ2n) is 7.22. The van der Waals surface area contributed by atoms with Crippen LogP contribution in [-0.2, 0) is 4.74 Å². The van der Waals surface area contributed by atoms with Gasteiger partial charge in [-0.2, -0.15) is 13.2 Å². The van der Waals surface area contributed by atoms with Crippen LogP contribution in [0.15, 0.2) is 4.99 Å². The van der Waals surface area contributed by atoms with Gasteiger partial charge in [0.15, 0.2) is 5.96 Å². The number of hydrogen-bond donors (Lipinski definition) is 2. The van der Waals surface area contributed by atoms with Gasteiger partial charge in [-0.25, -0.2) is 0 Å². The Morgan fingerprint density at radius 2 is 1.96 bits per heavy atom. The van der Waals surface area contributed by atoms with Crippen molar-refractivity contribution in [2.24, 2.45) is 16.8 Å². The molecule has 0 aromatic heterocycles. The second kappa shape index (κ2) is 11.5. The van der Waals surface area contributed by atoms with Crippen LogP contribution in [0.5, 0.6) is 0 Å². The van der Waals surface area contributed by atoms with E-state index in [-0.39, 0.29) is 42.9 Å². The van der Waals surface area contributed by atoms with Crippen molar-refractivity contribution in [3.63, 3.8) is 0 Å². The van der Waals surface area contributed by atoms with Crippen molar-refractivity contribution < 1.29 is 17.9 Å². The maximum atomic E-state index is 12.9. The van der Waals surface area contributed by atoms with Gasteiger partial charge in [0.05, 0.1) is 19.1 Å². The van der Waals surface area contributed by atoms with Gasteiger partial charge in [0.2, 0.25) is 0 Å². The number of nitrogens with zero attached hydrogens (tertiary/aromatic N) is 2. The van der Waals surface area contributed by atoms with Gasteiger partial charge in [0, 0.05) is 39.3 Å². The topological polar surface area (TPSA) is 48.9 Å². The maximum Gasteiger partial charge on any atom is 0.391 e. The third-order valence-corrected chi connectivity index (χ3v) is 4.99. The summed E-state index contributed by atoms with van der Waals surface area (Å²) in [6.45, 7) is 7.36. The molecule has 26 heavy (non-hydrogen) atoms. The molecule has 0 bridgehead atoms. The van der Waals surface area contributed by atoms with Crippen molar-refractivity contribution in [3.8, 4) is 0 Å². The quantitative estimate of drug-likeness (QED) is 0.352. The predicted molar refractivity (Wildman–Crippen MR) is 108 cm³/mol. The number of rotatable bonds is 5. The first-order chi connectivity index (χ1) is 11.9. The van der Waals surface area contributed by atoms with Crippen LogP contribution in [0.25, 0.3) is 0 Å². The number of halogens is 4. The Morgan fingerprint density at radius 3 is 2.58 bits per heavy atom. The first-order valence-corrected chi connectivity index (χ1v) is 9.22. The summed E-state index contributed by atoms with van der Waals surface area (Å²) in [6, 6.07) is -0.166. The highest BCUT2D eigenvalue weighted by molar-refractivity contribution is 14.0. The van der Waals surface area contributed by atoms with Crippen LogP contribution >= 0.6 is 24.0 Å². The molecule has 1 saturated carbocycles. The van der Waals surface area contributed by atoms with Gasteiger partial charge < -0.3 is 15.4 Å². The summed E-state index contributed by atoms with van der Waals surface area (Å²) in [5.41, 5.74) is 0. The smallest absolute Gasteiger partial charge is 0.379 e. The lowest BCUT2D eigenvalue weighted by Crippen LogP contribution is -2.48. The fourth-order valence-corrected chi connectivity index (χ4v) is 3.57. The van der Waals surface area contributed by atoms with E-state index >= 15 is 0 Å². The zero-order valence-electron chi connectivity index (χ0n) is 15.6. The second-order valence-corrected chi connectivity index (χ2v) is 7.22. The molecule has 0 aromatic rings. The largest absolute Gasteiger partial charge is 0.391 e. The van der Waals surface area contributed by atoms with Crippen LogP contribution in [0.1, 0.15) is 32.6 Å². The molecule has 2 rings (SSSR count). The van der Waals surface area contributed by atoms with Crippen molar-refractivity contribution >= 4 is 29.9 Å². The van der Waals surface area contributed by atoms with E-state index in [9.17, 15) is 13.2 Å². The van der Waals surface area contributed by atoms with E-state index in [0.29, 0.717) is 18.3 Å². The highest BCUT2D eigenvalue weighted by atomic mass is 127. The van der Waals surface area contributed by atoms with Crippen molar-refractivity contribution in [2.45, 2.75) is 44.8 Å². The molecule has 2 N–H and O–H groups in total. The summed E-state index contributed by atoms with van der Waals surface area (Å²) < 4.78 is 44.1. The number of ether oxygens (including phenoxy) is 1. The molecule has 0 aromatic carbocycles. The van der Waals surface area contributed by atoms with E-state index in [1.54, 1.807) is 7.05 Å². The molecule has 154 valence electrons. The lowest BCUT2D eigenvalue weighted by molar-refractivity contribution is -0.183. The van der Waals surface area contributed by atoms with Crippen LogP contribution in [0, 0.1) is 11.8 Å². The van der Waals surface area contributed by atoms with E-state index in [1.165, 1.54) is 0 Å². The number of guanidine groups is 1. The van der Waals surface area contributed by atoms with Crippen LogP contribution in [-0.4, -0.2) is 69.5 Å². The SMILES string of the molecule is CN=C(NCC(C)CN1CCOCC1)NC1CCCC(C(F)(F)F)C1.I. The predicted octanol–water partition coefficient (Wildman–Crippen LogP) is 2.86. The first kappa shape index (κ1) is 23.7. The average molecular weight is 492 g/mol. The Bertz CT molecular complexity index is 431. The van der Waals surface area contributed by atoms with E-state index in [4.69, 9.17) is 4.74 Å². The minimum Gasteiger partial charge on any atom is -0.379 e. The number of hydrogen-bond acceptors (Lipinski definition) is 3. The fourth-order valence-electron chi connectivity index (χ4n) is 3.57. The molecule has 1 aliphatic heterocycles. The molecule has 2 fully saturated rings. The van der Waals surface area contributed by atoms with Gasteiger partial charge in [-0.1, -0.05) is 13.3 Å². The monoisotopic (exact) mass is 492 g/mol. The molecular weight excluding hydrogens is 460 g/mol. The lowest BCUT2D eigenvalue weighted by atomic mass is 9.85. The third kappa shape index (κ3) is 8.16. The van der Waals surface area contributed by atoms with E-state index < -0.39 is 12.1 Å². The third-order valence-electron chi connectivity index (χ3n) is 4.99. The van der Waals surface area contributed by atoms with E-state index in [0.717, 1.165) is 45.8 Å². The van der Waals surface area contributed by atoms with E-state index in [1.807, 2.05) is 0 Å². The summed E-state index contributed by atoms with van der Waals surface area (Å²) in [4.78, 5) is 6.54. The molecule has 1 saturated heterocycles. The minimum absolute atomic E-state index is 0. The van der Waals surface area contributed by atoms with Crippen molar-refractivity contribution in [1.29, 1.82) is 0 Å². The Hall–Kier alpha value is -0.290. The summed E-state index contributed by atoms with van der Waals surface area (Å²) in [5.74, 6) is -0.176. The highest BCUT2D eigenvalue weighted by Crippen LogP contribution is 2.37. The molecule has 0 radical (unpaired) electrons. The van der Waals surface area contributed by atoms with Crippen molar-refractivity contribution in [2.75, 3.05) is 46.4 Å². The highest BCUT2D eigenvalue weighted by Gasteiger charge is 2.42. The molecule has 3 unspecified atom stereocenters. The van der Waals surface area contributed by atoms with Crippen LogP contribution in [0.3, 0.4) is 0 Å². The van der Waals surface area contributed by atoms with Crippen LogP contribution < -0.4 is 10.6 Å². The normalized spacial score (nSPS) is 26.7. The molecule has 1 aliphatic carbocycles. The summed E-state index contributed by atoms with van der Waals surface area (Å²) in [7, 11) is 1.66. The van der Waals surface area contributed by atoms with Gasteiger partial charge in [0.1, 0.15) is 0 Å². The molecule has 0 spiro atoms. The van der Waals surface area contributed by atoms with Crippen LogP contribution in [0.2, 0.25) is 0 Å². The molecular formula is C17H32F3IN4O. The molecule has 2 aliphatic rings. The average Bonchev–Trinajstić information content (AvgIpc) is 2.59. The Labute approximate surface area is 171 Å². The Morgan fingerprint density at radius 1 is 1.27 bits per heavy atom. The lowest BCUT2D eigenvalue weighted by Gasteiger charge is -2.32. The zero-order chi connectivity index (χ0) is 18.3. The fraction of sp³-hybridized carbons (Fsp3) is 0.941. The number of nitrogens with one attached hydrogen (secondary N) is 2. The standard InChI is InChI=1S/C17H31F3N4O.HI/c1-13(12-24-6-8-25-9-7-24)11-22-16(21-2)23-15-5-3-4-14(10-15)17(18,19)20;/h13-15H,3-12H2,1-2H3,(H2,21,22,23);1H. The molecule has 5 nitrogen and oxygen atoms in total.